The predicted molar refractivity (Wildman–Crippen MR) is 114 cm³/mol. The minimum absolute atomic E-state index is 0.373. The monoisotopic (exact) mass is 412 g/mol. The lowest BCUT2D eigenvalue weighted by Crippen LogP contribution is -2.46. The van der Waals surface area contributed by atoms with Crippen LogP contribution in [0.2, 0.25) is 0 Å². The third-order valence-corrected chi connectivity index (χ3v) is 4.15. The van der Waals surface area contributed by atoms with Crippen molar-refractivity contribution in [1.82, 2.24) is 5.32 Å². The fourth-order valence-corrected chi connectivity index (χ4v) is 2.71. The zero-order valence-electron chi connectivity index (χ0n) is 17.7. The lowest BCUT2D eigenvalue weighted by molar-refractivity contribution is -0.118. The number of hydrogen-bond donors (Lipinski definition) is 2. The van der Waals surface area contributed by atoms with Crippen LogP contribution >= 0.6 is 0 Å². The molecule has 0 aliphatic rings. The number of carbonyl (C=O) groups excluding carboxylic acids is 3. The number of anilines is 1. The van der Waals surface area contributed by atoms with Gasteiger partial charge in [0.25, 0.3) is 0 Å². The Kier molecular flexibility index (Phi) is 7.98. The second-order valence-corrected chi connectivity index (χ2v) is 7.78. The molecule has 2 N–H and O–H groups in total. The second-order valence-electron chi connectivity index (χ2n) is 7.78. The molecule has 30 heavy (non-hydrogen) atoms. The van der Waals surface area contributed by atoms with E-state index in [1.165, 1.54) is 7.11 Å². The molecule has 2 rings (SSSR count). The van der Waals surface area contributed by atoms with Crippen LogP contribution in [0.4, 0.5) is 10.5 Å². The Morgan fingerprint density at radius 3 is 2.17 bits per heavy atom. The van der Waals surface area contributed by atoms with Crippen LogP contribution in [0, 0.1) is 0 Å². The molecule has 0 spiro atoms. The number of benzene rings is 2. The van der Waals surface area contributed by atoms with Crippen molar-refractivity contribution in [2.24, 2.45) is 0 Å². The van der Waals surface area contributed by atoms with Gasteiger partial charge in [-0.2, -0.15) is 0 Å². The summed E-state index contributed by atoms with van der Waals surface area (Å²) in [4.78, 5) is 36.6. The maximum atomic E-state index is 12.8. The van der Waals surface area contributed by atoms with E-state index < -0.39 is 23.7 Å². The van der Waals surface area contributed by atoms with Crippen molar-refractivity contribution in [2.45, 2.75) is 45.3 Å². The molecule has 0 saturated heterocycles. The van der Waals surface area contributed by atoms with Gasteiger partial charge in [0.2, 0.25) is 5.91 Å². The van der Waals surface area contributed by atoms with Crippen LogP contribution in [-0.4, -0.2) is 36.7 Å². The van der Waals surface area contributed by atoms with Gasteiger partial charge >= 0.3 is 12.1 Å². The summed E-state index contributed by atoms with van der Waals surface area (Å²) in [6, 6.07) is 15.2. The van der Waals surface area contributed by atoms with E-state index in [9.17, 15) is 14.4 Å². The summed E-state index contributed by atoms with van der Waals surface area (Å²) in [6.45, 7) is 5.28. The van der Waals surface area contributed by atoms with E-state index in [2.05, 4.69) is 15.4 Å². The molecule has 0 unspecified atom stereocenters. The quantitative estimate of drug-likeness (QED) is 0.672. The van der Waals surface area contributed by atoms with E-state index in [0.717, 1.165) is 5.56 Å². The molecule has 2 aromatic carbocycles. The normalized spacial score (nSPS) is 11.9. The molecule has 2 amide bonds. The van der Waals surface area contributed by atoms with Crippen molar-refractivity contribution in [3.05, 3.63) is 65.7 Å². The van der Waals surface area contributed by atoms with E-state index in [1.807, 2.05) is 30.3 Å². The third kappa shape index (κ3) is 7.58. The molecule has 160 valence electrons. The number of carbonyl (C=O) groups is 3. The van der Waals surface area contributed by atoms with E-state index in [1.54, 1.807) is 45.0 Å². The number of alkyl carbamates (subject to hydrolysis) is 1. The number of ether oxygens (including phenoxy) is 2. The van der Waals surface area contributed by atoms with Crippen molar-refractivity contribution in [2.75, 3.05) is 12.4 Å². The Hall–Kier alpha value is -3.35. The number of aryl methyl sites for hydroxylation is 1. The summed E-state index contributed by atoms with van der Waals surface area (Å²) >= 11 is 0. The molecule has 7 heteroatoms. The van der Waals surface area contributed by atoms with Gasteiger partial charge in [-0.3, -0.25) is 4.79 Å². The molecule has 1 atom stereocenters. The van der Waals surface area contributed by atoms with Crippen LogP contribution in [0.5, 0.6) is 0 Å². The van der Waals surface area contributed by atoms with Gasteiger partial charge in [0.1, 0.15) is 11.6 Å². The van der Waals surface area contributed by atoms with Gasteiger partial charge in [-0.05, 0) is 63.4 Å². The predicted octanol–water partition coefficient (Wildman–Crippen LogP) is 3.94. The van der Waals surface area contributed by atoms with Crippen LogP contribution in [0.3, 0.4) is 0 Å². The van der Waals surface area contributed by atoms with Crippen LogP contribution in [0.1, 0.15) is 43.1 Å². The maximum absolute atomic E-state index is 12.8. The van der Waals surface area contributed by atoms with Crippen molar-refractivity contribution >= 4 is 23.7 Å². The van der Waals surface area contributed by atoms with Gasteiger partial charge in [-0.25, -0.2) is 9.59 Å². The molecule has 2 aromatic rings. The lowest BCUT2D eigenvalue weighted by atomic mass is 10.0. The summed E-state index contributed by atoms with van der Waals surface area (Å²) in [5.41, 5.74) is 1.27. The van der Waals surface area contributed by atoms with E-state index in [4.69, 9.17) is 4.74 Å². The van der Waals surface area contributed by atoms with E-state index in [0.29, 0.717) is 24.1 Å². The summed E-state index contributed by atoms with van der Waals surface area (Å²) in [5.74, 6) is -0.831. The largest absolute Gasteiger partial charge is 0.465 e. The Labute approximate surface area is 176 Å². The molecule has 0 heterocycles. The fourth-order valence-electron chi connectivity index (χ4n) is 2.71. The highest BCUT2D eigenvalue weighted by Gasteiger charge is 2.24. The first-order chi connectivity index (χ1) is 14.2. The van der Waals surface area contributed by atoms with Crippen molar-refractivity contribution in [3.8, 4) is 0 Å². The van der Waals surface area contributed by atoms with Crippen molar-refractivity contribution in [1.29, 1.82) is 0 Å². The molecule has 0 saturated carbocycles. The van der Waals surface area contributed by atoms with Crippen LogP contribution in [0.25, 0.3) is 0 Å². The lowest BCUT2D eigenvalue weighted by Gasteiger charge is -2.23. The highest BCUT2D eigenvalue weighted by Crippen LogP contribution is 2.13. The van der Waals surface area contributed by atoms with Crippen LogP contribution < -0.4 is 10.6 Å². The maximum Gasteiger partial charge on any atom is 0.408 e. The average Bonchev–Trinajstić information content (AvgIpc) is 2.70. The highest BCUT2D eigenvalue weighted by molar-refractivity contribution is 5.97. The summed E-state index contributed by atoms with van der Waals surface area (Å²) in [6.07, 6.45) is 0.350. The SMILES string of the molecule is COC(=O)c1ccc(NC(=O)[C@@H](CCc2ccccc2)NC(=O)OC(C)(C)C)cc1. The second kappa shape index (κ2) is 10.4. The minimum Gasteiger partial charge on any atom is -0.465 e. The number of esters is 1. The van der Waals surface area contributed by atoms with Gasteiger partial charge in [0.15, 0.2) is 0 Å². The number of amides is 2. The minimum atomic E-state index is -0.791. The molecule has 7 nitrogen and oxygen atoms in total. The molecule has 0 aliphatic carbocycles. The summed E-state index contributed by atoms with van der Waals surface area (Å²) in [5, 5.41) is 5.42. The Bertz CT molecular complexity index is 857. The molecule has 0 bridgehead atoms. The summed E-state index contributed by atoms with van der Waals surface area (Å²) < 4.78 is 9.96. The zero-order chi connectivity index (χ0) is 22.1. The van der Waals surface area contributed by atoms with Crippen molar-refractivity contribution < 1.29 is 23.9 Å². The van der Waals surface area contributed by atoms with E-state index in [-0.39, 0.29) is 5.91 Å². The Balaban J connectivity index is 2.08. The number of methoxy groups -OCH3 is 1. The van der Waals surface area contributed by atoms with Crippen LogP contribution in [0.15, 0.2) is 54.6 Å². The first-order valence-electron chi connectivity index (χ1n) is 9.70. The number of rotatable bonds is 7. The topological polar surface area (TPSA) is 93.7 Å². The molecule has 0 aliphatic heterocycles. The van der Waals surface area contributed by atoms with Gasteiger partial charge in [-0.1, -0.05) is 30.3 Å². The van der Waals surface area contributed by atoms with E-state index >= 15 is 0 Å². The third-order valence-electron chi connectivity index (χ3n) is 4.15. The molecular weight excluding hydrogens is 384 g/mol. The Morgan fingerprint density at radius 1 is 0.967 bits per heavy atom. The molecule has 0 aromatic heterocycles. The van der Waals surface area contributed by atoms with Gasteiger partial charge < -0.3 is 20.1 Å². The first-order valence-corrected chi connectivity index (χ1v) is 9.70. The molecule has 0 radical (unpaired) electrons. The van der Waals surface area contributed by atoms with Gasteiger partial charge in [-0.15, -0.1) is 0 Å². The highest BCUT2D eigenvalue weighted by atomic mass is 16.6. The molecule has 0 fully saturated rings. The Morgan fingerprint density at radius 2 is 1.60 bits per heavy atom. The van der Waals surface area contributed by atoms with Crippen molar-refractivity contribution in [3.63, 3.8) is 0 Å². The standard InChI is InChI=1S/C23H28N2O5/c1-23(2,3)30-22(28)25-19(15-10-16-8-6-5-7-9-16)20(26)24-18-13-11-17(12-14-18)21(27)29-4/h5-9,11-14,19H,10,15H2,1-4H3,(H,24,26)(H,25,28)/t19-/m1/s1. The van der Waals surface area contributed by atoms with Crippen LogP contribution in [-0.2, 0) is 20.7 Å². The van der Waals surface area contributed by atoms with Gasteiger partial charge in [0, 0.05) is 5.69 Å². The number of hydrogen-bond acceptors (Lipinski definition) is 5. The summed E-state index contributed by atoms with van der Waals surface area (Å²) in [7, 11) is 1.30. The fraction of sp³-hybridized carbons (Fsp3) is 0.348. The smallest absolute Gasteiger partial charge is 0.408 e. The number of nitrogens with one attached hydrogen (secondary N) is 2. The molecular formula is C23H28N2O5. The zero-order valence-corrected chi connectivity index (χ0v) is 17.7. The average molecular weight is 412 g/mol. The van der Waals surface area contributed by atoms with Gasteiger partial charge in [0.05, 0.1) is 12.7 Å². The first kappa shape index (κ1) is 22.9.